The van der Waals surface area contributed by atoms with E-state index in [9.17, 15) is 9.59 Å². The number of nitrogens with one attached hydrogen (secondary N) is 1. The predicted octanol–water partition coefficient (Wildman–Crippen LogP) is 2.44. The number of amides is 1. The highest BCUT2D eigenvalue weighted by atomic mass is 16.2. The Morgan fingerprint density at radius 1 is 1.04 bits per heavy atom. The summed E-state index contributed by atoms with van der Waals surface area (Å²) in [7, 11) is 1.71. The zero-order valence-electron chi connectivity index (χ0n) is 14.7. The fraction of sp³-hybridized carbons (Fsp3) is 0.100. The molecular weight excluding hydrogens is 342 g/mol. The second kappa shape index (κ2) is 6.87. The van der Waals surface area contributed by atoms with Gasteiger partial charge in [0.05, 0.1) is 6.20 Å². The van der Waals surface area contributed by atoms with Gasteiger partial charge in [0.25, 0.3) is 5.56 Å². The van der Waals surface area contributed by atoms with E-state index in [2.05, 4.69) is 15.4 Å². The van der Waals surface area contributed by atoms with Gasteiger partial charge in [0, 0.05) is 12.7 Å². The fourth-order valence-corrected chi connectivity index (χ4v) is 2.91. The van der Waals surface area contributed by atoms with E-state index in [1.165, 1.54) is 21.8 Å². The number of anilines is 1. The lowest BCUT2D eigenvalue weighted by atomic mass is 10.1. The lowest BCUT2D eigenvalue weighted by molar-refractivity contribution is -0.116. The number of hydrogen-bond donors (Lipinski definition) is 1. The number of aryl methyl sites for hydroxylation is 1. The summed E-state index contributed by atoms with van der Waals surface area (Å²) in [6.07, 6.45) is 2.83. The van der Waals surface area contributed by atoms with Gasteiger partial charge in [-0.05, 0) is 23.3 Å². The van der Waals surface area contributed by atoms with Crippen molar-refractivity contribution in [2.75, 3.05) is 5.32 Å². The number of benzene rings is 2. The normalized spacial score (nSPS) is 10.9. The van der Waals surface area contributed by atoms with E-state index >= 15 is 0 Å². The Hall–Kier alpha value is -3.74. The zero-order chi connectivity index (χ0) is 18.8. The second-order valence-corrected chi connectivity index (χ2v) is 6.17. The molecule has 1 amide bonds. The molecule has 0 atom stereocenters. The van der Waals surface area contributed by atoms with Crippen molar-refractivity contribution in [3.05, 3.63) is 77.5 Å². The summed E-state index contributed by atoms with van der Waals surface area (Å²) in [5.74, 6) is -0.297. The summed E-state index contributed by atoms with van der Waals surface area (Å²) >= 11 is 0. The molecule has 0 aliphatic rings. The largest absolute Gasteiger partial charge is 0.325 e. The Labute approximate surface area is 154 Å². The molecule has 2 aromatic heterocycles. The van der Waals surface area contributed by atoms with Crippen LogP contribution in [0.1, 0.15) is 0 Å². The maximum absolute atomic E-state index is 12.4. The molecule has 134 valence electrons. The highest BCUT2D eigenvalue weighted by Crippen LogP contribution is 2.20. The summed E-state index contributed by atoms with van der Waals surface area (Å²) in [6.45, 7) is -0.114. The van der Waals surface area contributed by atoms with Crippen LogP contribution in [0.2, 0.25) is 0 Å². The Kier molecular flexibility index (Phi) is 4.25. The maximum Gasteiger partial charge on any atom is 0.264 e. The van der Waals surface area contributed by atoms with Crippen LogP contribution in [0.15, 0.2) is 71.9 Å². The lowest BCUT2D eigenvalue weighted by Crippen LogP contribution is -2.27. The molecular formula is C20H17N5O2. The average Bonchev–Trinajstić information content (AvgIpc) is 3.07. The number of hydrogen-bond acceptors (Lipinski definition) is 4. The number of carbonyl (C=O) groups is 1. The van der Waals surface area contributed by atoms with E-state index in [0.29, 0.717) is 16.7 Å². The smallest absolute Gasteiger partial charge is 0.264 e. The third-order valence-corrected chi connectivity index (χ3v) is 4.31. The van der Waals surface area contributed by atoms with Crippen LogP contribution in [-0.4, -0.2) is 25.2 Å². The molecule has 7 nitrogen and oxygen atoms in total. The van der Waals surface area contributed by atoms with Crippen molar-refractivity contribution in [1.82, 2.24) is 19.3 Å². The summed E-state index contributed by atoms with van der Waals surface area (Å²) in [5, 5.41) is 7.21. The minimum Gasteiger partial charge on any atom is -0.325 e. The van der Waals surface area contributed by atoms with Crippen molar-refractivity contribution in [3.63, 3.8) is 0 Å². The first-order valence-corrected chi connectivity index (χ1v) is 8.44. The molecule has 2 aromatic carbocycles. The van der Waals surface area contributed by atoms with Gasteiger partial charge in [0.1, 0.15) is 18.3 Å². The van der Waals surface area contributed by atoms with E-state index in [-0.39, 0.29) is 18.0 Å². The van der Waals surface area contributed by atoms with Gasteiger partial charge in [0.15, 0.2) is 5.65 Å². The molecule has 2 heterocycles. The maximum atomic E-state index is 12.4. The van der Waals surface area contributed by atoms with Gasteiger partial charge in [-0.15, -0.1) is 0 Å². The highest BCUT2D eigenvalue weighted by molar-refractivity contribution is 5.91. The van der Waals surface area contributed by atoms with Crippen LogP contribution in [0, 0.1) is 0 Å². The van der Waals surface area contributed by atoms with E-state index < -0.39 is 0 Å². The molecule has 0 saturated heterocycles. The Morgan fingerprint density at radius 2 is 1.74 bits per heavy atom. The van der Waals surface area contributed by atoms with Crippen molar-refractivity contribution in [2.45, 2.75) is 6.54 Å². The molecule has 7 heteroatoms. The predicted molar refractivity (Wildman–Crippen MR) is 103 cm³/mol. The molecule has 0 aliphatic carbocycles. The van der Waals surface area contributed by atoms with Crippen molar-refractivity contribution in [1.29, 1.82) is 0 Å². The Morgan fingerprint density at radius 3 is 2.48 bits per heavy atom. The van der Waals surface area contributed by atoms with Gasteiger partial charge < -0.3 is 5.32 Å². The van der Waals surface area contributed by atoms with Crippen molar-refractivity contribution >= 4 is 22.6 Å². The van der Waals surface area contributed by atoms with Gasteiger partial charge in [-0.1, -0.05) is 42.5 Å². The molecule has 4 rings (SSSR count). The third kappa shape index (κ3) is 3.35. The van der Waals surface area contributed by atoms with E-state index in [1.54, 1.807) is 7.05 Å². The number of carbonyl (C=O) groups excluding carboxylic acids is 1. The first kappa shape index (κ1) is 16.7. The Bertz CT molecular complexity index is 1160. The van der Waals surface area contributed by atoms with Crippen LogP contribution < -0.4 is 10.9 Å². The van der Waals surface area contributed by atoms with Gasteiger partial charge >= 0.3 is 0 Å². The molecule has 0 spiro atoms. The van der Waals surface area contributed by atoms with Crippen LogP contribution in [0.25, 0.3) is 22.2 Å². The quantitative estimate of drug-likeness (QED) is 0.607. The minimum atomic E-state index is -0.297. The van der Waals surface area contributed by atoms with Gasteiger partial charge in [-0.2, -0.15) is 5.10 Å². The van der Waals surface area contributed by atoms with Crippen LogP contribution >= 0.6 is 0 Å². The summed E-state index contributed by atoms with van der Waals surface area (Å²) in [5.41, 5.74) is 3.05. The standard InChI is InChI=1S/C20H17N5O2/c1-24-19-17(11-22-24)20(27)25(13-21-19)12-18(26)23-16-9-7-15(8-10-16)14-5-3-2-4-6-14/h2-11,13H,12H2,1H3,(H,23,26). The van der Waals surface area contributed by atoms with Crippen LogP contribution in [0.5, 0.6) is 0 Å². The van der Waals surface area contributed by atoms with E-state index in [4.69, 9.17) is 0 Å². The molecule has 4 aromatic rings. The molecule has 0 bridgehead atoms. The number of aromatic nitrogens is 4. The molecule has 0 radical (unpaired) electrons. The monoisotopic (exact) mass is 359 g/mol. The Balaban J connectivity index is 1.48. The average molecular weight is 359 g/mol. The van der Waals surface area contributed by atoms with Crippen molar-refractivity contribution in [2.24, 2.45) is 7.05 Å². The van der Waals surface area contributed by atoms with Crippen LogP contribution in [0.3, 0.4) is 0 Å². The molecule has 0 saturated carbocycles. The molecule has 0 unspecified atom stereocenters. The van der Waals surface area contributed by atoms with Crippen LogP contribution in [-0.2, 0) is 18.4 Å². The summed E-state index contributed by atoms with van der Waals surface area (Å²) < 4.78 is 2.80. The minimum absolute atomic E-state index is 0.114. The summed E-state index contributed by atoms with van der Waals surface area (Å²) in [6, 6.07) is 17.6. The van der Waals surface area contributed by atoms with Gasteiger partial charge in [0.2, 0.25) is 5.91 Å². The number of nitrogens with zero attached hydrogens (tertiary/aromatic N) is 4. The topological polar surface area (TPSA) is 81.8 Å². The van der Waals surface area contributed by atoms with Gasteiger partial charge in [-0.25, -0.2) is 4.98 Å². The van der Waals surface area contributed by atoms with E-state index in [1.807, 2.05) is 54.6 Å². The fourth-order valence-electron chi connectivity index (χ4n) is 2.91. The third-order valence-electron chi connectivity index (χ3n) is 4.31. The van der Waals surface area contributed by atoms with E-state index in [0.717, 1.165) is 11.1 Å². The molecule has 27 heavy (non-hydrogen) atoms. The lowest BCUT2D eigenvalue weighted by Gasteiger charge is -2.08. The SMILES string of the molecule is Cn1ncc2c(=O)n(CC(=O)Nc3ccc(-c4ccccc4)cc3)cnc21. The first-order chi connectivity index (χ1) is 13.1. The highest BCUT2D eigenvalue weighted by Gasteiger charge is 2.11. The molecule has 0 aliphatic heterocycles. The summed E-state index contributed by atoms with van der Waals surface area (Å²) in [4.78, 5) is 28.9. The first-order valence-electron chi connectivity index (χ1n) is 8.44. The molecule has 0 fully saturated rings. The van der Waals surface area contributed by atoms with Crippen LogP contribution in [0.4, 0.5) is 5.69 Å². The van der Waals surface area contributed by atoms with Crippen molar-refractivity contribution in [3.8, 4) is 11.1 Å². The van der Waals surface area contributed by atoms with Crippen molar-refractivity contribution < 1.29 is 4.79 Å². The zero-order valence-corrected chi connectivity index (χ0v) is 14.7. The number of fused-ring (bicyclic) bond motifs is 1. The van der Waals surface area contributed by atoms with Gasteiger partial charge in [-0.3, -0.25) is 18.8 Å². The number of rotatable bonds is 4. The molecule has 1 N–H and O–H groups in total. The second-order valence-electron chi connectivity index (χ2n) is 6.17.